The molecule has 1 amide bonds. The van der Waals surface area contributed by atoms with Crippen LogP contribution in [0.3, 0.4) is 0 Å². The molecule has 0 unspecified atom stereocenters. The van der Waals surface area contributed by atoms with Gasteiger partial charge in [0, 0.05) is 6.04 Å². The van der Waals surface area contributed by atoms with E-state index in [1.807, 2.05) is 12.1 Å². The van der Waals surface area contributed by atoms with Crippen molar-refractivity contribution in [2.24, 2.45) is 11.1 Å². The largest absolute Gasteiger partial charge is 0.386 e. The maximum Gasteiger partial charge on any atom is 0.261 e. The summed E-state index contributed by atoms with van der Waals surface area (Å²) in [6.45, 7) is 6.50. The molecule has 0 heterocycles. The van der Waals surface area contributed by atoms with Gasteiger partial charge in [0.25, 0.3) is 5.91 Å². The highest BCUT2D eigenvalue weighted by Gasteiger charge is 2.22. The number of nitrogens with zero attached hydrogens (tertiary/aromatic N) is 1. The molecule has 4 heteroatoms. The van der Waals surface area contributed by atoms with E-state index >= 15 is 0 Å². The molecule has 0 saturated heterocycles. The van der Waals surface area contributed by atoms with Crippen molar-refractivity contribution >= 4 is 12.1 Å². The van der Waals surface area contributed by atoms with Crippen LogP contribution in [0.2, 0.25) is 0 Å². The van der Waals surface area contributed by atoms with Crippen LogP contribution in [0, 0.1) is 5.92 Å². The first kappa shape index (κ1) is 17.5. The minimum absolute atomic E-state index is 0.0240. The lowest BCUT2D eigenvalue weighted by molar-refractivity contribution is -0.126. The van der Waals surface area contributed by atoms with E-state index in [0.717, 1.165) is 12.0 Å². The second-order valence-electron chi connectivity index (χ2n) is 6.77. The van der Waals surface area contributed by atoms with Gasteiger partial charge in [0.15, 0.2) is 6.61 Å². The van der Waals surface area contributed by atoms with Crippen molar-refractivity contribution in [3.8, 4) is 0 Å². The highest BCUT2D eigenvalue weighted by Crippen LogP contribution is 2.23. The molecule has 1 saturated carbocycles. The molecule has 126 valence electrons. The summed E-state index contributed by atoms with van der Waals surface area (Å²) >= 11 is 0. The van der Waals surface area contributed by atoms with E-state index < -0.39 is 0 Å². The average molecular weight is 316 g/mol. The molecule has 0 bridgehead atoms. The molecule has 0 aromatic heterocycles. The maximum atomic E-state index is 11.9. The van der Waals surface area contributed by atoms with E-state index in [9.17, 15) is 4.79 Å². The average Bonchev–Trinajstić information content (AvgIpc) is 2.54. The SMILES string of the molecule is CC(C)c1ccc(/C=N\OCC(=O)N[C@H]2CCCC[C@@H]2C)cc1. The molecule has 2 atom stereocenters. The van der Waals surface area contributed by atoms with Crippen molar-refractivity contribution in [3.05, 3.63) is 35.4 Å². The Balaban J connectivity index is 1.72. The molecule has 2 rings (SSSR count). The number of amides is 1. The molecule has 4 nitrogen and oxygen atoms in total. The topological polar surface area (TPSA) is 50.7 Å². The Bertz CT molecular complexity index is 523. The summed E-state index contributed by atoms with van der Waals surface area (Å²) in [7, 11) is 0. The standard InChI is InChI=1S/C19H28N2O2/c1-14(2)17-10-8-16(9-11-17)12-20-23-13-19(22)21-18-7-5-4-6-15(18)3/h8-12,14-15,18H,4-7,13H2,1-3H3,(H,21,22)/b20-12-/t15-,18-/m0/s1. The molecule has 1 N–H and O–H groups in total. The molecule has 1 aromatic carbocycles. The van der Waals surface area contributed by atoms with Gasteiger partial charge < -0.3 is 10.2 Å². The summed E-state index contributed by atoms with van der Waals surface area (Å²) in [5.41, 5.74) is 2.26. The summed E-state index contributed by atoms with van der Waals surface area (Å²) in [5, 5.41) is 6.93. The Kier molecular flexibility index (Phi) is 6.63. The van der Waals surface area contributed by atoms with Gasteiger partial charge in [-0.25, -0.2) is 0 Å². The Morgan fingerprint density at radius 1 is 1.30 bits per heavy atom. The van der Waals surface area contributed by atoms with E-state index in [-0.39, 0.29) is 18.6 Å². The zero-order chi connectivity index (χ0) is 16.7. The predicted octanol–water partition coefficient (Wildman–Crippen LogP) is 3.86. The summed E-state index contributed by atoms with van der Waals surface area (Å²) in [4.78, 5) is 17.0. The first-order chi connectivity index (χ1) is 11.1. The lowest BCUT2D eigenvalue weighted by atomic mass is 9.86. The molecule has 1 aliphatic rings. The van der Waals surface area contributed by atoms with E-state index in [4.69, 9.17) is 4.84 Å². The van der Waals surface area contributed by atoms with E-state index in [1.54, 1.807) is 6.21 Å². The summed E-state index contributed by atoms with van der Waals surface area (Å²) in [6.07, 6.45) is 6.36. The van der Waals surface area contributed by atoms with Gasteiger partial charge in [0.1, 0.15) is 0 Å². The molecule has 1 fully saturated rings. The highest BCUT2D eigenvalue weighted by molar-refractivity contribution is 5.80. The summed E-state index contributed by atoms with van der Waals surface area (Å²) < 4.78 is 0. The molecule has 1 aromatic rings. The van der Waals surface area contributed by atoms with Gasteiger partial charge in [-0.15, -0.1) is 0 Å². The normalized spacial score (nSPS) is 21.6. The zero-order valence-corrected chi connectivity index (χ0v) is 14.4. The molecular weight excluding hydrogens is 288 g/mol. The number of hydrogen-bond donors (Lipinski definition) is 1. The van der Waals surface area contributed by atoms with Crippen LogP contribution in [-0.2, 0) is 9.63 Å². The predicted molar refractivity (Wildman–Crippen MR) is 93.6 cm³/mol. The van der Waals surface area contributed by atoms with Crippen LogP contribution >= 0.6 is 0 Å². The van der Waals surface area contributed by atoms with E-state index in [0.29, 0.717) is 11.8 Å². The Morgan fingerprint density at radius 3 is 2.65 bits per heavy atom. The number of oxime groups is 1. The van der Waals surface area contributed by atoms with Gasteiger partial charge in [0.05, 0.1) is 6.21 Å². The third kappa shape index (κ3) is 5.70. The monoisotopic (exact) mass is 316 g/mol. The van der Waals surface area contributed by atoms with E-state index in [2.05, 4.69) is 43.4 Å². The molecule has 0 spiro atoms. The van der Waals surface area contributed by atoms with E-state index in [1.165, 1.54) is 24.8 Å². The van der Waals surface area contributed by atoms with Gasteiger partial charge in [-0.1, -0.05) is 63.0 Å². The lowest BCUT2D eigenvalue weighted by Crippen LogP contribution is -2.42. The zero-order valence-electron chi connectivity index (χ0n) is 14.4. The number of nitrogens with one attached hydrogen (secondary N) is 1. The maximum absolute atomic E-state index is 11.9. The third-order valence-corrected chi connectivity index (χ3v) is 4.53. The van der Waals surface area contributed by atoms with Gasteiger partial charge in [0.2, 0.25) is 0 Å². The van der Waals surface area contributed by atoms with Crippen molar-refractivity contribution in [2.75, 3.05) is 6.61 Å². The number of carbonyl (C=O) groups excluding carboxylic acids is 1. The van der Waals surface area contributed by atoms with Crippen molar-refractivity contribution < 1.29 is 9.63 Å². The summed E-state index contributed by atoms with van der Waals surface area (Å²) in [6, 6.07) is 8.47. The fourth-order valence-electron chi connectivity index (χ4n) is 2.94. The fraction of sp³-hybridized carbons (Fsp3) is 0.579. The molecule has 0 radical (unpaired) electrons. The van der Waals surface area contributed by atoms with Crippen LogP contribution in [-0.4, -0.2) is 24.8 Å². The molecule has 23 heavy (non-hydrogen) atoms. The third-order valence-electron chi connectivity index (χ3n) is 4.53. The molecule has 1 aliphatic carbocycles. The Labute approximate surface area is 139 Å². The number of carbonyl (C=O) groups is 1. The summed E-state index contributed by atoms with van der Waals surface area (Å²) in [5.74, 6) is 0.981. The number of benzene rings is 1. The minimum Gasteiger partial charge on any atom is -0.386 e. The van der Waals surface area contributed by atoms with Crippen LogP contribution in [0.15, 0.2) is 29.4 Å². The number of rotatable bonds is 6. The lowest BCUT2D eigenvalue weighted by Gasteiger charge is -2.29. The van der Waals surface area contributed by atoms with Gasteiger partial charge in [-0.2, -0.15) is 0 Å². The number of hydrogen-bond acceptors (Lipinski definition) is 3. The minimum atomic E-state index is -0.0870. The van der Waals surface area contributed by atoms with Crippen molar-refractivity contribution in [3.63, 3.8) is 0 Å². The van der Waals surface area contributed by atoms with Gasteiger partial charge >= 0.3 is 0 Å². The second kappa shape index (κ2) is 8.70. The van der Waals surface area contributed by atoms with Gasteiger partial charge in [-0.3, -0.25) is 4.79 Å². The first-order valence-electron chi connectivity index (χ1n) is 8.61. The van der Waals surface area contributed by atoms with Gasteiger partial charge in [-0.05, 0) is 35.8 Å². The first-order valence-corrected chi connectivity index (χ1v) is 8.61. The highest BCUT2D eigenvalue weighted by atomic mass is 16.6. The Morgan fingerprint density at radius 2 is 2.00 bits per heavy atom. The van der Waals surface area contributed by atoms with Crippen LogP contribution < -0.4 is 5.32 Å². The second-order valence-corrected chi connectivity index (χ2v) is 6.77. The van der Waals surface area contributed by atoms with Crippen LogP contribution in [0.1, 0.15) is 63.5 Å². The smallest absolute Gasteiger partial charge is 0.261 e. The van der Waals surface area contributed by atoms with Crippen LogP contribution in [0.5, 0.6) is 0 Å². The molecular formula is C19H28N2O2. The fourth-order valence-corrected chi connectivity index (χ4v) is 2.94. The van der Waals surface area contributed by atoms with Crippen molar-refractivity contribution in [1.29, 1.82) is 0 Å². The molecule has 0 aliphatic heterocycles. The quantitative estimate of drug-likeness (QED) is 0.640. The van der Waals surface area contributed by atoms with Crippen LogP contribution in [0.25, 0.3) is 0 Å². The Hall–Kier alpha value is -1.84. The van der Waals surface area contributed by atoms with Crippen molar-refractivity contribution in [2.45, 2.75) is 58.4 Å². The van der Waals surface area contributed by atoms with Crippen LogP contribution in [0.4, 0.5) is 0 Å². The van der Waals surface area contributed by atoms with Crippen molar-refractivity contribution in [1.82, 2.24) is 5.32 Å².